The Bertz CT molecular complexity index is 431. The van der Waals surface area contributed by atoms with Gasteiger partial charge in [-0.3, -0.25) is 9.59 Å². The van der Waals surface area contributed by atoms with Crippen molar-refractivity contribution in [2.24, 2.45) is 0 Å². The summed E-state index contributed by atoms with van der Waals surface area (Å²) in [4.78, 5) is 45.6. The van der Waals surface area contributed by atoms with Gasteiger partial charge in [0.05, 0.1) is 6.04 Å². The molecule has 0 aliphatic carbocycles. The van der Waals surface area contributed by atoms with E-state index in [-0.39, 0.29) is 0 Å². The van der Waals surface area contributed by atoms with E-state index in [1.54, 1.807) is 20.8 Å². The topological polar surface area (TPSA) is 114 Å². The maximum atomic E-state index is 11.9. The van der Waals surface area contributed by atoms with Crippen LogP contribution in [0, 0.1) is 0 Å². The molecule has 3 atom stereocenters. The van der Waals surface area contributed by atoms with Crippen LogP contribution in [0.3, 0.4) is 0 Å². The number of hydrogen-bond donors (Lipinski definition) is 3. The summed E-state index contributed by atoms with van der Waals surface area (Å²) in [6.07, 6.45) is -0.138. The van der Waals surface area contributed by atoms with Gasteiger partial charge < -0.3 is 25.5 Å². The lowest BCUT2D eigenvalue weighted by Crippen LogP contribution is -2.53. The average Bonchev–Trinajstić information content (AvgIpc) is 2.35. The molecule has 0 heterocycles. The van der Waals surface area contributed by atoms with Crippen molar-refractivity contribution in [3.05, 3.63) is 0 Å². The second-order valence-corrected chi connectivity index (χ2v) is 6.03. The standard InChI is InChI=1S/C14H25N3O5/c1-8(7-18)15-11(19)9(2)16-12(20)10(3)17-13(21)22-14(4,5)6/h7-10H,1-6H3,(H,15,19)(H,16,20)(H,17,21)/t8-,9-,10-/m0/s1. The molecular formula is C14H25N3O5. The average molecular weight is 315 g/mol. The molecule has 0 bridgehead atoms. The third kappa shape index (κ3) is 8.23. The minimum atomic E-state index is -0.867. The molecule has 0 aromatic rings. The molecule has 8 nitrogen and oxygen atoms in total. The molecule has 0 spiro atoms. The first kappa shape index (κ1) is 19.9. The summed E-state index contributed by atoms with van der Waals surface area (Å²) in [7, 11) is 0. The van der Waals surface area contributed by atoms with Gasteiger partial charge in [-0.2, -0.15) is 0 Å². The molecule has 0 fully saturated rings. The SMILES string of the molecule is C[C@H](NC(=O)OC(C)(C)C)C(=O)N[C@@H](C)C(=O)N[C@@H](C)C=O. The number of carbonyl (C=O) groups is 4. The zero-order valence-electron chi connectivity index (χ0n) is 13.9. The highest BCUT2D eigenvalue weighted by Crippen LogP contribution is 2.06. The van der Waals surface area contributed by atoms with Crippen molar-refractivity contribution in [3.63, 3.8) is 0 Å². The number of ether oxygens (including phenoxy) is 1. The number of alkyl carbamates (subject to hydrolysis) is 1. The summed E-state index contributed by atoms with van der Waals surface area (Å²) in [5, 5.41) is 7.22. The van der Waals surface area contributed by atoms with Crippen LogP contribution in [0.15, 0.2) is 0 Å². The van der Waals surface area contributed by atoms with Gasteiger partial charge in [-0.15, -0.1) is 0 Å². The Morgan fingerprint density at radius 2 is 1.36 bits per heavy atom. The Morgan fingerprint density at radius 3 is 1.82 bits per heavy atom. The first-order valence-electron chi connectivity index (χ1n) is 7.02. The van der Waals surface area contributed by atoms with E-state index in [0.29, 0.717) is 6.29 Å². The molecule has 22 heavy (non-hydrogen) atoms. The van der Waals surface area contributed by atoms with E-state index in [2.05, 4.69) is 16.0 Å². The summed E-state index contributed by atoms with van der Waals surface area (Å²) in [5.74, 6) is -1.02. The van der Waals surface area contributed by atoms with Crippen molar-refractivity contribution in [2.45, 2.75) is 65.3 Å². The van der Waals surface area contributed by atoms with Crippen LogP contribution in [-0.4, -0.2) is 47.9 Å². The lowest BCUT2D eigenvalue weighted by molar-refractivity contribution is -0.130. The Morgan fingerprint density at radius 1 is 0.909 bits per heavy atom. The molecule has 0 unspecified atom stereocenters. The van der Waals surface area contributed by atoms with Crippen LogP contribution in [0.2, 0.25) is 0 Å². The fourth-order valence-electron chi connectivity index (χ4n) is 1.34. The van der Waals surface area contributed by atoms with Gasteiger partial charge in [-0.1, -0.05) is 0 Å². The second-order valence-electron chi connectivity index (χ2n) is 6.03. The van der Waals surface area contributed by atoms with Gasteiger partial charge in [0.1, 0.15) is 24.0 Å². The summed E-state index contributed by atoms with van der Waals surface area (Å²) in [6.45, 7) is 9.59. The van der Waals surface area contributed by atoms with E-state index in [1.807, 2.05) is 0 Å². The molecule has 0 aliphatic rings. The molecule has 0 radical (unpaired) electrons. The predicted octanol–water partition coefficient (Wildman–Crippen LogP) is 0.108. The van der Waals surface area contributed by atoms with E-state index in [9.17, 15) is 19.2 Å². The summed E-state index contributed by atoms with van der Waals surface area (Å²) in [5.41, 5.74) is -0.668. The fraction of sp³-hybridized carbons (Fsp3) is 0.714. The van der Waals surface area contributed by atoms with E-state index in [0.717, 1.165) is 0 Å². The van der Waals surface area contributed by atoms with Crippen LogP contribution >= 0.6 is 0 Å². The Labute approximate surface area is 130 Å². The highest BCUT2D eigenvalue weighted by molar-refractivity contribution is 5.91. The van der Waals surface area contributed by atoms with E-state index < -0.39 is 41.6 Å². The van der Waals surface area contributed by atoms with E-state index in [1.165, 1.54) is 20.8 Å². The van der Waals surface area contributed by atoms with Crippen LogP contribution < -0.4 is 16.0 Å². The minimum Gasteiger partial charge on any atom is -0.444 e. The minimum absolute atomic E-state index is 0.489. The summed E-state index contributed by atoms with van der Waals surface area (Å²) in [6, 6.07) is -2.34. The number of rotatable bonds is 6. The second kappa shape index (κ2) is 8.35. The zero-order chi connectivity index (χ0) is 17.5. The lowest BCUT2D eigenvalue weighted by atomic mass is 10.2. The maximum absolute atomic E-state index is 11.9. The molecule has 0 rings (SSSR count). The maximum Gasteiger partial charge on any atom is 0.408 e. The first-order chi connectivity index (χ1) is 9.96. The molecule has 0 aromatic carbocycles. The molecule has 3 N–H and O–H groups in total. The molecule has 0 saturated heterocycles. The van der Waals surface area contributed by atoms with Gasteiger partial charge in [-0.25, -0.2) is 4.79 Å². The zero-order valence-corrected chi connectivity index (χ0v) is 13.9. The predicted molar refractivity (Wildman–Crippen MR) is 80.1 cm³/mol. The third-order valence-electron chi connectivity index (χ3n) is 2.45. The highest BCUT2D eigenvalue weighted by atomic mass is 16.6. The van der Waals surface area contributed by atoms with Crippen molar-refractivity contribution >= 4 is 24.2 Å². The normalized spacial score (nSPS) is 15.0. The Kier molecular flexibility index (Phi) is 7.55. The van der Waals surface area contributed by atoms with Gasteiger partial charge in [0.2, 0.25) is 11.8 Å². The fourth-order valence-corrected chi connectivity index (χ4v) is 1.34. The Hall–Kier alpha value is -2.12. The monoisotopic (exact) mass is 315 g/mol. The van der Waals surface area contributed by atoms with Gasteiger partial charge in [0, 0.05) is 0 Å². The summed E-state index contributed by atoms with van der Waals surface area (Å²) < 4.78 is 5.03. The number of hydrogen-bond acceptors (Lipinski definition) is 5. The Balaban J connectivity index is 4.38. The van der Waals surface area contributed by atoms with Crippen LogP contribution in [0.1, 0.15) is 41.5 Å². The van der Waals surface area contributed by atoms with E-state index in [4.69, 9.17) is 4.74 Å². The number of amides is 3. The molecule has 0 aliphatic heterocycles. The smallest absolute Gasteiger partial charge is 0.408 e. The molecule has 126 valence electrons. The van der Waals surface area contributed by atoms with Crippen LogP contribution in [0.5, 0.6) is 0 Å². The first-order valence-corrected chi connectivity index (χ1v) is 7.02. The molecule has 8 heteroatoms. The van der Waals surface area contributed by atoms with Crippen molar-refractivity contribution in [2.75, 3.05) is 0 Å². The quantitative estimate of drug-likeness (QED) is 0.602. The third-order valence-corrected chi connectivity index (χ3v) is 2.45. The van der Waals surface area contributed by atoms with Crippen molar-refractivity contribution in [1.82, 2.24) is 16.0 Å². The van der Waals surface area contributed by atoms with Crippen LogP contribution in [0.25, 0.3) is 0 Å². The van der Waals surface area contributed by atoms with Gasteiger partial charge in [-0.05, 0) is 41.5 Å². The van der Waals surface area contributed by atoms with Crippen LogP contribution in [-0.2, 0) is 19.1 Å². The van der Waals surface area contributed by atoms with E-state index >= 15 is 0 Å². The van der Waals surface area contributed by atoms with Crippen molar-refractivity contribution < 1.29 is 23.9 Å². The molecular weight excluding hydrogens is 290 g/mol. The number of carbonyl (C=O) groups excluding carboxylic acids is 4. The molecule has 0 aromatic heterocycles. The van der Waals surface area contributed by atoms with Crippen molar-refractivity contribution in [3.8, 4) is 0 Å². The molecule has 0 saturated carbocycles. The van der Waals surface area contributed by atoms with Crippen molar-refractivity contribution in [1.29, 1.82) is 0 Å². The lowest BCUT2D eigenvalue weighted by Gasteiger charge is -2.22. The van der Waals surface area contributed by atoms with Gasteiger partial charge in [0.25, 0.3) is 0 Å². The van der Waals surface area contributed by atoms with Gasteiger partial charge >= 0.3 is 6.09 Å². The van der Waals surface area contributed by atoms with Gasteiger partial charge in [0.15, 0.2) is 0 Å². The number of nitrogens with one attached hydrogen (secondary N) is 3. The van der Waals surface area contributed by atoms with Crippen LogP contribution in [0.4, 0.5) is 4.79 Å². The summed E-state index contributed by atoms with van der Waals surface area (Å²) >= 11 is 0. The molecule has 3 amide bonds. The highest BCUT2D eigenvalue weighted by Gasteiger charge is 2.23. The largest absolute Gasteiger partial charge is 0.444 e. The number of aldehydes is 1.